The number of ether oxygens (including phenoxy) is 1. The van der Waals surface area contributed by atoms with Crippen LogP contribution in [0.15, 0.2) is 28.8 Å². The normalized spacial score (nSPS) is 10.8. The summed E-state index contributed by atoms with van der Waals surface area (Å²) in [5.74, 6) is 2.30. The monoisotopic (exact) mass is 344 g/mol. The zero-order valence-electron chi connectivity index (χ0n) is 9.68. The molecule has 0 saturated heterocycles. The number of rotatable bonds is 4. The van der Waals surface area contributed by atoms with Gasteiger partial charge in [-0.25, -0.2) is 0 Å². The third kappa shape index (κ3) is 3.42. The van der Waals surface area contributed by atoms with Crippen molar-refractivity contribution in [3.8, 4) is 5.75 Å². The quantitative estimate of drug-likeness (QED) is 0.798. The molecule has 1 aromatic heterocycles. The van der Waals surface area contributed by atoms with Gasteiger partial charge in [-0.1, -0.05) is 25.1 Å². The molecule has 0 aliphatic rings. The summed E-state index contributed by atoms with van der Waals surface area (Å²) in [6, 6.07) is 7.82. The number of aromatic nitrogens is 2. The van der Waals surface area contributed by atoms with Crippen molar-refractivity contribution in [2.75, 3.05) is 0 Å². The summed E-state index contributed by atoms with van der Waals surface area (Å²) in [6.07, 6.45) is 0. The van der Waals surface area contributed by atoms with Gasteiger partial charge in [0, 0.05) is 9.49 Å². The Labute approximate surface area is 114 Å². The van der Waals surface area contributed by atoms with Crippen LogP contribution in [-0.4, -0.2) is 10.1 Å². The molecule has 0 saturated carbocycles. The van der Waals surface area contributed by atoms with E-state index in [1.165, 1.54) is 0 Å². The first-order chi connectivity index (χ1) is 8.15. The van der Waals surface area contributed by atoms with Crippen LogP contribution in [0.4, 0.5) is 0 Å². The molecule has 0 aliphatic carbocycles. The van der Waals surface area contributed by atoms with Gasteiger partial charge in [-0.05, 0) is 40.8 Å². The zero-order chi connectivity index (χ0) is 12.3. The van der Waals surface area contributed by atoms with Crippen LogP contribution in [0.1, 0.15) is 31.5 Å². The third-order valence-corrected chi connectivity index (χ3v) is 2.83. The van der Waals surface area contributed by atoms with E-state index < -0.39 is 0 Å². The van der Waals surface area contributed by atoms with Crippen molar-refractivity contribution in [1.82, 2.24) is 10.1 Å². The van der Waals surface area contributed by atoms with Gasteiger partial charge < -0.3 is 9.26 Å². The molecule has 17 heavy (non-hydrogen) atoms. The second-order valence-electron chi connectivity index (χ2n) is 3.95. The largest absolute Gasteiger partial charge is 0.484 e. The molecule has 0 aliphatic heterocycles. The molecule has 1 aromatic carbocycles. The molecule has 0 fully saturated rings. The molecule has 0 atom stereocenters. The predicted octanol–water partition coefficient (Wildman–Crippen LogP) is 3.38. The minimum absolute atomic E-state index is 0.269. The van der Waals surface area contributed by atoms with Crippen molar-refractivity contribution >= 4 is 22.6 Å². The SMILES string of the molecule is CC(C)c1noc(COc2cccc(I)c2)n1. The highest BCUT2D eigenvalue weighted by molar-refractivity contribution is 14.1. The summed E-state index contributed by atoms with van der Waals surface area (Å²) < 4.78 is 11.8. The second-order valence-corrected chi connectivity index (χ2v) is 5.19. The molecule has 2 aromatic rings. The van der Waals surface area contributed by atoms with Crippen molar-refractivity contribution in [1.29, 1.82) is 0 Å². The molecule has 0 amide bonds. The van der Waals surface area contributed by atoms with Crippen molar-refractivity contribution in [2.45, 2.75) is 26.4 Å². The summed E-state index contributed by atoms with van der Waals surface area (Å²) in [5, 5.41) is 3.88. The third-order valence-electron chi connectivity index (χ3n) is 2.16. The van der Waals surface area contributed by atoms with Crippen LogP contribution in [-0.2, 0) is 6.61 Å². The molecule has 0 N–H and O–H groups in total. The number of benzene rings is 1. The smallest absolute Gasteiger partial charge is 0.264 e. The van der Waals surface area contributed by atoms with E-state index in [0.717, 1.165) is 9.32 Å². The highest BCUT2D eigenvalue weighted by Crippen LogP contribution is 2.16. The molecular formula is C12H13IN2O2. The lowest BCUT2D eigenvalue weighted by Crippen LogP contribution is -1.97. The Bertz CT molecular complexity index is 497. The summed E-state index contributed by atoms with van der Waals surface area (Å²) >= 11 is 2.24. The first-order valence-corrected chi connectivity index (χ1v) is 6.44. The molecule has 4 nitrogen and oxygen atoms in total. The van der Waals surface area contributed by atoms with Gasteiger partial charge >= 0.3 is 0 Å². The molecule has 1 heterocycles. The molecule has 0 unspecified atom stereocenters. The van der Waals surface area contributed by atoms with Crippen LogP contribution in [0.25, 0.3) is 0 Å². The van der Waals surface area contributed by atoms with E-state index in [9.17, 15) is 0 Å². The Hall–Kier alpha value is -1.11. The topological polar surface area (TPSA) is 48.2 Å². The van der Waals surface area contributed by atoms with E-state index in [0.29, 0.717) is 18.3 Å². The van der Waals surface area contributed by atoms with Gasteiger partial charge in [0.25, 0.3) is 5.89 Å². The van der Waals surface area contributed by atoms with Gasteiger partial charge in [0.1, 0.15) is 5.75 Å². The maximum atomic E-state index is 5.56. The minimum atomic E-state index is 0.269. The lowest BCUT2D eigenvalue weighted by molar-refractivity contribution is 0.242. The van der Waals surface area contributed by atoms with Crippen LogP contribution in [0, 0.1) is 3.57 Å². The van der Waals surface area contributed by atoms with Crippen LogP contribution < -0.4 is 4.74 Å². The fourth-order valence-electron chi connectivity index (χ4n) is 1.26. The van der Waals surface area contributed by atoms with Gasteiger partial charge in [-0.3, -0.25) is 0 Å². The Morgan fingerprint density at radius 2 is 2.24 bits per heavy atom. The molecule has 2 rings (SSSR count). The highest BCUT2D eigenvalue weighted by Gasteiger charge is 2.09. The minimum Gasteiger partial charge on any atom is -0.484 e. The molecule has 0 spiro atoms. The lowest BCUT2D eigenvalue weighted by atomic mass is 10.2. The van der Waals surface area contributed by atoms with Crippen molar-refractivity contribution < 1.29 is 9.26 Å². The van der Waals surface area contributed by atoms with Crippen molar-refractivity contribution in [3.63, 3.8) is 0 Å². The van der Waals surface area contributed by atoms with E-state index in [1.807, 2.05) is 38.1 Å². The number of halogens is 1. The summed E-state index contributed by atoms with van der Waals surface area (Å²) in [7, 11) is 0. The molecule has 5 heteroatoms. The Balaban J connectivity index is 1.97. The van der Waals surface area contributed by atoms with Crippen LogP contribution in [0.3, 0.4) is 0 Å². The second kappa shape index (κ2) is 5.48. The first kappa shape index (κ1) is 12.3. The number of hydrogen-bond acceptors (Lipinski definition) is 4. The van der Waals surface area contributed by atoms with Gasteiger partial charge in [-0.15, -0.1) is 0 Å². The standard InChI is InChI=1S/C12H13IN2O2/c1-8(2)12-14-11(17-15-12)7-16-10-5-3-4-9(13)6-10/h3-6,8H,7H2,1-2H3. The summed E-state index contributed by atoms with van der Waals surface area (Å²) in [6.45, 7) is 4.35. The average molecular weight is 344 g/mol. The van der Waals surface area contributed by atoms with Crippen LogP contribution >= 0.6 is 22.6 Å². The predicted molar refractivity (Wildman–Crippen MR) is 71.9 cm³/mol. The fraction of sp³-hybridized carbons (Fsp3) is 0.333. The summed E-state index contributed by atoms with van der Waals surface area (Å²) in [4.78, 5) is 4.24. The van der Waals surface area contributed by atoms with Gasteiger partial charge in [0.05, 0.1) is 0 Å². The molecule has 0 bridgehead atoms. The maximum Gasteiger partial charge on any atom is 0.264 e. The van der Waals surface area contributed by atoms with Gasteiger partial charge in [0.2, 0.25) is 0 Å². The maximum absolute atomic E-state index is 5.56. The molecular weight excluding hydrogens is 331 g/mol. The lowest BCUT2D eigenvalue weighted by Gasteiger charge is -2.02. The number of hydrogen-bond donors (Lipinski definition) is 0. The van der Waals surface area contributed by atoms with E-state index in [4.69, 9.17) is 9.26 Å². The Kier molecular flexibility index (Phi) is 3.98. The van der Waals surface area contributed by atoms with E-state index in [-0.39, 0.29) is 5.92 Å². The van der Waals surface area contributed by atoms with E-state index in [2.05, 4.69) is 32.7 Å². The average Bonchev–Trinajstić information content (AvgIpc) is 2.75. The Morgan fingerprint density at radius 1 is 1.41 bits per heavy atom. The van der Waals surface area contributed by atoms with Crippen molar-refractivity contribution in [2.24, 2.45) is 0 Å². The van der Waals surface area contributed by atoms with Crippen LogP contribution in [0.2, 0.25) is 0 Å². The Morgan fingerprint density at radius 3 is 2.88 bits per heavy atom. The van der Waals surface area contributed by atoms with E-state index in [1.54, 1.807) is 0 Å². The zero-order valence-corrected chi connectivity index (χ0v) is 11.8. The first-order valence-electron chi connectivity index (χ1n) is 5.36. The van der Waals surface area contributed by atoms with Gasteiger partial charge in [-0.2, -0.15) is 4.98 Å². The fourth-order valence-corrected chi connectivity index (χ4v) is 1.78. The van der Waals surface area contributed by atoms with E-state index >= 15 is 0 Å². The van der Waals surface area contributed by atoms with Gasteiger partial charge in [0.15, 0.2) is 12.4 Å². The number of nitrogens with zero attached hydrogens (tertiary/aromatic N) is 2. The van der Waals surface area contributed by atoms with Crippen LogP contribution in [0.5, 0.6) is 5.75 Å². The molecule has 0 radical (unpaired) electrons. The molecule has 90 valence electrons. The summed E-state index contributed by atoms with van der Waals surface area (Å²) in [5.41, 5.74) is 0. The van der Waals surface area contributed by atoms with Crippen molar-refractivity contribution in [3.05, 3.63) is 39.6 Å². The highest BCUT2D eigenvalue weighted by atomic mass is 127.